The van der Waals surface area contributed by atoms with Crippen LogP contribution in [0.25, 0.3) is 11.1 Å². The molecule has 4 heteroatoms. The fourth-order valence-corrected chi connectivity index (χ4v) is 1.64. The Kier molecular flexibility index (Phi) is 4.02. The van der Waals surface area contributed by atoms with Crippen molar-refractivity contribution in [1.29, 1.82) is 0 Å². The molecule has 0 aliphatic carbocycles. The molecule has 0 aliphatic heterocycles. The van der Waals surface area contributed by atoms with Crippen molar-refractivity contribution in [2.45, 2.75) is 19.8 Å². The van der Waals surface area contributed by atoms with Crippen LogP contribution in [0.1, 0.15) is 19.8 Å². The number of nitrogens with zero attached hydrogens (tertiary/aromatic N) is 2. The van der Waals surface area contributed by atoms with E-state index in [0.717, 1.165) is 23.2 Å². The molecule has 2 rings (SSSR count). The second kappa shape index (κ2) is 5.91. The second-order valence-electron chi connectivity index (χ2n) is 4.00. The summed E-state index contributed by atoms with van der Waals surface area (Å²) in [6.07, 6.45) is 6.43. The van der Waals surface area contributed by atoms with E-state index in [1.807, 2.05) is 31.2 Å². The highest BCUT2D eigenvalue weighted by Gasteiger charge is 2.01. The maximum Gasteiger partial charge on any atom is 0.224 e. The van der Waals surface area contributed by atoms with E-state index in [4.69, 9.17) is 0 Å². The van der Waals surface area contributed by atoms with Gasteiger partial charge in [-0.1, -0.05) is 19.1 Å². The SMILES string of the molecule is CCCC(=O)Nc1ccc(-c2cncnc2)cc1. The van der Waals surface area contributed by atoms with E-state index in [9.17, 15) is 4.79 Å². The van der Waals surface area contributed by atoms with Crippen molar-refractivity contribution < 1.29 is 4.79 Å². The van der Waals surface area contributed by atoms with Gasteiger partial charge in [-0.15, -0.1) is 0 Å². The van der Waals surface area contributed by atoms with Gasteiger partial charge in [0.25, 0.3) is 0 Å². The van der Waals surface area contributed by atoms with Gasteiger partial charge in [-0.05, 0) is 24.1 Å². The third-order valence-corrected chi connectivity index (χ3v) is 2.54. The summed E-state index contributed by atoms with van der Waals surface area (Å²) in [6.45, 7) is 1.98. The van der Waals surface area contributed by atoms with E-state index in [-0.39, 0.29) is 5.91 Å². The van der Waals surface area contributed by atoms with Gasteiger partial charge in [0.05, 0.1) is 0 Å². The van der Waals surface area contributed by atoms with Gasteiger partial charge in [0, 0.05) is 30.1 Å². The average Bonchev–Trinajstić information content (AvgIpc) is 2.41. The fraction of sp³-hybridized carbons (Fsp3) is 0.214. The Morgan fingerprint density at radius 3 is 2.39 bits per heavy atom. The number of aromatic nitrogens is 2. The lowest BCUT2D eigenvalue weighted by Crippen LogP contribution is -2.10. The van der Waals surface area contributed by atoms with Gasteiger partial charge in [0.15, 0.2) is 0 Å². The van der Waals surface area contributed by atoms with Gasteiger partial charge in [-0.3, -0.25) is 4.79 Å². The van der Waals surface area contributed by atoms with Gasteiger partial charge in [0.2, 0.25) is 5.91 Å². The smallest absolute Gasteiger partial charge is 0.224 e. The van der Waals surface area contributed by atoms with Crippen molar-refractivity contribution in [2.75, 3.05) is 5.32 Å². The predicted molar refractivity (Wildman–Crippen MR) is 71.0 cm³/mol. The molecular formula is C14H15N3O. The van der Waals surface area contributed by atoms with E-state index < -0.39 is 0 Å². The molecule has 0 saturated carbocycles. The highest BCUT2D eigenvalue weighted by molar-refractivity contribution is 5.90. The summed E-state index contributed by atoms with van der Waals surface area (Å²) in [7, 11) is 0. The Bertz CT molecular complexity index is 508. The van der Waals surface area contributed by atoms with Gasteiger partial charge < -0.3 is 5.32 Å². The molecule has 0 radical (unpaired) electrons. The van der Waals surface area contributed by atoms with Gasteiger partial charge in [-0.25, -0.2) is 9.97 Å². The monoisotopic (exact) mass is 241 g/mol. The lowest BCUT2D eigenvalue weighted by atomic mass is 10.1. The molecule has 1 aromatic carbocycles. The van der Waals surface area contributed by atoms with Crippen LogP contribution in [0.2, 0.25) is 0 Å². The zero-order chi connectivity index (χ0) is 12.8. The van der Waals surface area contributed by atoms with Gasteiger partial charge in [0.1, 0.15) is 6.33 Å². The van der Waals surface area contributed by atoms with Crippen molar-refractivity contribution in [2.24, 2.45) is 0 Å². The molecule has 1 N–H and O–H groups in total. The minimum atomic E-state index is 0.0493. The Labute approximate surface area is 106 Å². The van der Waals surface area contributed by atoms with E-state index in [1.165, 1.54) is 6.33 Å². The van der Waals surface area contributed by atoms with E-state index >= 15 is 0 Å². The third kappa shape index (κ3) is 3.13. The predicted octanol–water partition coefficient (Wildman–Crippen LogP) is 2.88. The molecule has 0 saturated heterocycles. The van der Waals surface area contributed by atoms with Crippen LogP contribution in [0.4, 0.5) is 5.69 Å². The summed E-state index contributed by atoms with van der Waals surface area (Å²) in [5.74, 6) is 0.0493. The Morgan fingerprint density at radius 1 is 1.11 bits per heavy atom. The van der Waals surface area contributed by atoms with Gasteiger partial charge >= 0.3 is 0 Å². The normalized spacial score (nSPS) is 10.1. The summed E-state index contributed by atoms with van der Waals surface area (Å²) in [5, 5.41) is 2.85. The van der Waals surface area contributed by atoms with Crippen molar-refractivity contribution >= 4 is 11.6 Å². The minimum Gasteiger partial charge on any atom is -0.326 e. The number of benzene rings is 1. The molecule has 1 amide bonds. The molecule has 1 aromatic heterocycles. The maximum atomic E-state index is 11.4. The van der Waals surface area contributed by atoms with Crippen LogP contribution in [0.5, 0.6) is 0 Å². The number of amides is 1. The fourth-order valence-electron chi connectivity index (χ4n) is 1.64. The molecule has 0 aliphatic rings. The average molecular weight is 241 g/mol. The minimum absolute atomic E-state index is 0.0493. The van der Waals surface area contributed by atoms with Crippen LogP contribution in [-0.2, 0) is 4.79 Å². The second-order valence-corrected chi connectivity index (χ2v) is 4.00. The van der Waals surface area contributed by atoms with Crippen LogP contribution in [0.3, 0.4) is 0 Å². The molecule has 92 valence electrons. The first-order chi connectivity index (χ1) is 8.79. The molecule has 0 spiro atoms. The van der Waals surface area contributed by atoms with Crippen molar-refractivity contribution in [3.05, 3.63) is 43.0 Å². The van der Waals surface area contributed by atoms with Crippen molar-refractivity contribution in [1.82, 2.24) is 9.97 Å². The van der Waals surface area contributed by atoms with Crippen LogP contribution in [0, 0.1) is 0 Å². The maximum absolute atomic E-state index is 11.4. The number of anilines is 1. The first-order valence-corrected chi connectivity index (χ1v) is 5.95. The number of rotatable bonds is 4. The van der Waals surface area contributed by atoms with E-state index in [1.54, 1.807) is 12.4 Å². The number of carbonyl (C=O) groups excluding carboxylic acids is 1. The number of carbonyl (C=O) groups is 1. The summed E-state index contributed by atoms with van der Waals surface area (Å²) in [6, 6.07) is 7.66. The summed E-state index contributed by atoms with van der Waals surface area (Å²) in [5.41, 5.74) is 2.81. The van der Waals surface area contributed by atoms with Crippen molar-refractivity contribution in [3.63, 3.8) is 0 Å². The standard InChI is InChI=1S/C14H15N3O/c1-2-3-14(18)17-13-6-4-11(5-7-13)12-8-15-10-16-9-12/h4-10H,2-3H2,1H3,(H,17,18). The molecule has 0 bridgehead atoms. The lowest BCUT2D eigenvalue weighted by Gasteiger charge is -2.05. The van der Waals surface area contributed by atoms with Crippen LogP contribution < -0.4 is 5.32 Å². The Morgan fingerprint density at radius 2 is 1.78 bits per heavy atom. The molecular weight excluding hydrogens is 226 g/mol. The third-order valence-electron chi connectivity index (χ3n) is 2.54. The molecule has 0 fully saturated rings. The zero-order valence-electron chi connectivity index (χ0n) is 10.3. The van der Waals surface area contributed by atoms with Crippen molar-refractivity contribution in [3.8, 4) is 11.1 Å². The van der Waals surface area contributed by atoms with Crippen LogP contribution >= 0.6 is 0 Å². The quantitative estimate of drug-likeness (QED) is 0.895. The van der Waals surface area contributed by atoms with E-state index in [2.05, 4.69) is 15.3 Å². The molecule has 0 unspecified atom stereocenters. The van der Waals surface area contributed by atoms with Crippen LogP contribution in [-0.4, -0.2) is 15.9 Å². The first-order valence-electron chi connectivity index (χ1n) is 5.95. The number of nitrogens with one attached hydrogen (secondary N) is 1. The Hall–Kier alpha value is -2.23. The highest BCUT2D eigenvalue weighted by atomic mass is 16.1. The number of hydrogen-bond donors (Lipinski definition) is 1. The molecule has 18 heavy (non-hydrogen) atoms. The van der Waals surface area contributed by atoms with Crippen LogP contribution in [0.15, 0.2) is 43.0 Å². The molecule has 4 nitrogen and oxygen atoms in total. The van der Waals surface area contributed by atoms with Gasteiger partial charge in [-0.2, -0.15) is 0 Å². The molecule has 2 aromatic rings. The topological polar surface area (TPSA) is 54.9 Å². The molecule has 0 atom stereocenters. The molecule has 1 heterocycles. The zero-order valence-corrected chi connectivity index (χ0v) is 10.3. The first kappa shape index (κ1) is 12.2. The van der Waals surface area contributed by atoms with E-state index in [0.29, 0.717) is 6.42 Å². The number of hydrogen-bond acceptors (Lipinski definition) is 3. The summed E-state index contributed by atoms with van der Waals surface area (Å²) >= 11 is 0. The largest absolute Gasteiger partial charge is 0.326 e. The Balaban J connectivity index is 2.09. The summed E-state index contributed by atoms with van der Waals surface area (Å²) < 4.78 is 0. The summed E-state index contributed by atoms with van der Waals surface area (Å²) in [4.78, 5) is 19.4. The lowest BCUT2D eigenvalue weighted by molar-refractivity contribution is -0.116. The highest BCUT2D eigenvalue weighted by Crippen LogP contribution is 2.19.